The standard InChI is InChI=1S/C18H18O5/c1-3-13(11-15-7-5-9-21-15)17(19)23-18(20)14(4-2)12-16-8-6-10-22-16/h5-12H,3-4H2,1-2H3. The van der Waals surface area contributed by atoms with Gasteiger partial charge in [0.25, 0.3) is 0 Å². The molecule has 23 heavy (non-hydrogen) atoms. The van der Waals surface area contributed by atoms with E-state index in [1.807, 2.05) is 0 Å². The predicted molar refractivity (Wildman–Crippen MR) is 85.1 cm³/mol. The lowest BCUT2D eigenvalue weighted by Crippen LogP contribution is -2.15. The van der Waals surface area contributed by atoms with E-state index in [4.69, 9.17) is 13.6 Å². The normalized spacial score (nSPS) is 12.3. The van der Waals surface area contributed by atoms with Crippen LogP contribution in [0.25, 0.3) is 12.2 Å². The van der Waals surface area contributed by atoms with Crippen molar-refractivity contribution in [3.63, 3.8) is 0 Å². The molecule has 2 aromatic heterocycles. The Morgan fingerprint density at radius 3 is 1.65 bits per heavy atom. The quantitative estimate of drug-likeness (QED) is 0.453. The van der Waals surface area contributed by atoms with E-state index in [2.05, 4.69) is 0 Å². The van der Waals surface area contributed by atoms with Crippen LogP contribution in [-0.2, 0) is 14.3 Å². The van der Waals surface area contributed by atoms with Gasteiger partial charge in [-0.15, -0.1) is 0 Å². The highest BCUT2D eigenvalue weighted by Crippen LogP contribution is 2.15. The van der Waals surface area contributed by atoms with Crippen LogP contribution in [0, 0.1) is 0 Å². The first-order chi connectivity index (χ1) is 11.1. The maximum atomic E-state index is 12.1. The molecule has 0 unspecified atom stereocenters. The zero-order valence-electron chi connectivity index (χ0n) is 13.1. The van der Waals surface area contributed by atoms with E-state index in [1.165, 1.54) is 12.5 Å². The molecule has 5 heteroatoms. The first-order valence-electron chi connectivity index (χ1n) is 7.38. The second-order valence-corrected chi connectivity index (χ2v) is 4.75. The third kappa shape index (κ3) is 4.57. The Labute approximate surface area is 134 Å². The molecule has 0 atom stereocenters. The zero-order valence-corrected chi connectivity index (χ0v) is 13.1. The highest BCUT2D eigenvalue weighted by atomic mass is 16.6. The minimum absolute atomic E-state index is 0.363. The minimum atomic E-state index is -0.673. The highest BCUT2D eigenvalue weighted by molar-refractivity contribution is 6.05. The number of furan rings is 2. The van der Waals surface area contributed by atoms with E-state index in [1.54, 1.807) is 50.3 Å². The summed E-state index contributed by atoms with van der Waals surface area (Å²) in [6.45, 7) is 3.61. The monoisotopic (exact) mass is 314 g/mol. The van der Waals surface area contributed by atoms with Gasteiger partial charge in [-0.05, 0) is 49.3 Å². The molecule has 0 saturated heterocycles. The largest absolute Gasteiger partial charge is 0.465 e. The second-order valence-electron chi connectivity index (χ2n) is 4.75. The summed E-state index contributed by atoms with van der Waals surface area (Å²) in [7, 11) is 0. The fraction of sp³-hybridized carbons (Fsp3) is 0.222. The van der Waals surface area contributed by atoms with Crippen LogP contribution < -0.4 is 0 Å². The summed E-state index contributed by atoms with van der Waals surface area (Å²) in [6.07, 6.45) is 7.01. The fourth-order valence-electron chi connectivity index (χ4n) is 1.92. The summed E-state index contributed by atoms with van der Waals surface area (Å²) in [6, 6.07) is 6.88. The number of hydrogen-bond acceptors (Lipinski definition) is 5. The Balaban J connectivity index is 2.10. The average Bonchev–Trinajstić information content (AvgIpc) is 3.23. The lowest BCUT2D eigenvalue weighted by molar-refractivity contribution is -0.154. The Hall–Kier alpha value is -2.82. The van der Waals surface area contributed by atoms with Gasteiger partial charge in [-0.1, -0.05) is 13.8 Å². The number of carbonyl (C=O) groups is 2. The Morgan fingerprint density at radius 1 is 0.913 bits per heavy atom. The predicted octanol–water partition coefficient (Wildman–Crippen LogP) is 4.23. The van der Waals surface area contributed by atoms with Gasteiger partial charge in [0, 0.05) is 11.1 Å². The van der Waals surface area contributed by atoms with Gasteiger partial charge in [-0.3, -0.25) is 0 Å². The molecule has 0 aromatic carbocycles. The van der Waals surface area contributed by atoms with Gasteiger partial charge in [0.1, 0.15) is 11.5 Å². The van der Waals surface area contributed by atoms with Crippen LogP contribution in [0.15, 0.2) is 56.8 Å². The van der Waals surface area contributed by atoms with E-state index in [0.29, 0.717) is 35.5 Å². The summed E-state index contributed by atoms with van der Waals surface area (Å²) >= 11 is 0. The molecule has 2 heterocycles. The van der Waals surface area contributed by atoms with Gasteiger partial charge >= 0.3 is 11.9 Å². The van der Waals surface area contributed by atoms with Crippen molar-refractivity contribution in [3.05, 3.63) is 59.5 Å². The lowest BCUT2D eigenvalue weighted by Gasteiger charge is -2.06. The molecule has 120 valence electrons. The summed E-state index contributed by atoms with van der Waals surface area (Å²) in [5.41, 5.74) is 0.725. The Morgan fingerprint density at radius 2 is 1.35 bits per heavy atom. The molecule has 0 bridgehead atoms. The van der Waals surface area contributed by atoms with Crippen LogP contribution in [-0.4, -0.2) is 11.9 Å². The van der Waals surface area contributed by atoms with Crippen molar-refractivity contribution >= 4 is 24.1 Å². The van der Waals surface area contributed by atoms with Crippen LogP contribution in [0.2, 0.25) is 0 Å². The number of esters is 2. The lowest BCUT2D eigenvalue weighted by atomic mass is 10.1. The van der Waals surface area contributed by atoms with Gasteiger partial charge in [0.15, 0.2) is 0 Å². The third-order valence-corrected chi connectivity index (χ3v) is 3.19. The number of rotatable bonds is 6. The molecule has 0 amide bonds. The van der Waals surface area contributed by atoms with Crippen molar-refractivity contribution in [1.82, 2.24) is 0 Å². The molecule has 0 spiro atoms. The van der Waals surface area contributed by atoms with E-state index < -0.39 is 11.9 Å². The molecule has 0 aliphatic rings. The van der Waals surface area contributed by atoms with Crippen LogP contribution >= 0.6 is 0 Å². The molecular weight excluding hydrogens is 296 g/mol. The molecule has 2 rings (SSSR count). The van der Waals surface area contributed by atoms with E-state index >= 15 is 0 Å². The maximum Gasteiger partial charge on any atom is 0.342 e. The average molecular weight is 314 g/mol. The van der Waals surface area contributed by atoms with Crippen molar-refractivity contribution in [2.45, 2.75) is 26.7 Å². The number of ether oxygens (including phenoxy) is 1. The van der Waals surface area contributed by atoms with E-state index in [-0.39, 0.29) is 0 Å². The number of carbonyl (C=O) groups excluding carboxylic acids is 2. The van der Waals surface area contributed by atoms with Crippen LogP contribution in [0.3, 0.4) is 0 Å². The van der Waals surface area contributed by atoms with Gasteiger partial charge in [-0.2, -0.15) is 0 Å². The van der Waals surface area contributed by atoms with E-state index in [9.17, 15) is 9.59 Å². The highest BCUT2D eigenvalue weighted by Gasteiger charge is 2.18. The zero-order chi connectivity index (χ0) is 16.7. The van der Waals surface area contributed by atoms with Crippen molar-refractivity contribution in [3.8, 4) is 0 Å². The van der Waals surface area contributed by atoms with Gasteiger partial charge in [0.2, 0.25) is 0 Å². The van der Waals surface area contributed by atoms with Gasteiger partial charge in [-0.25, -0.2) is 9.59 Å². The second kappa shape index (κ2) is 7.98. The maximum absolute atomic E-state index is 12.1. The molecule has 0 aliphatic carbocycles. The van der Waals surface area contributed by atoms with Crippen LogP contribution in [0.5, 0.6) is 0 Å². The Kier molecular flexibility index (Phi) is 5.74. The minimum Gasteiger partial charge on any atom is -0.465 e. The van der Waals surface area contributed by atoms with Crippen molar-refractivity contribution in [2.75, 3.05) is 0 Å². The molecular formula is C18H18O5. The molecule has 0 fully saturated rings. The third-order valence-electron chi connectivity index (χ3n) is 3.19. The summed E-state index contributed by atoms with van der Waals surface area (Å²) < 4.78 is 15.3. The van der Waals surface area contributed by atoms with Crippen molar-refractivity contribution in [1.29, 1.82) is 0 Å². The molecule has 0 N–H and O–H groups in total. The first-order valence-corrected chi connectivity index (χ1v) is 7.38. The smallest absolute Gasteiger partial charge is 0.342 e. The van der Waals surface area contributed by atoms with Crippen LogP contribution in [0.1, 0.15) is 38.2 Å². The summed E-state index contributed by atoms with van der Waals surface area (Å²) in [5, 5.41) is 0. The SMILES string of the molecule is CCC(=Cc1ccco1)C(=O)OC(=O)C(=Cc1ccco1)CC. The Bertz CT molecular complexity index is 640. The first kappa shape index (κ1) is 16.5. The number of hydrogen-bond donors (Lipinski definition) is 0. The van der Waals surface area contributed by atoms with Gasteiger partial charge in [0.05, 0.1) is 12.5 Å². The molecule has 0 radical (unpaired) electrons. The fourth-order valence-corrected chi connectivity index (χ4v) is 1.92. The van der Waals surface area contributed by atoms with Crippen molar-refractivity contribution in [2.24, 2.45) is 0 Å². The summed E-state index contributed by atoms with van der Waals surface area (Å²) in [4.78, 5) is 24.3. The summed E-state index contributed by atoms with van der Waals surface area (Å²) in [5.74, 6) is -0.276. The van der Waals surface area contributed by atoms with Gasteiger partial charge < -0.3 is 13.6 Å². The van der Waals surface area contributed by atoms with Crippen LogP contribution in [0.4, 0.5) is 0 Å². The molecule has 2 aromatic rings. The molecule has 0 aliphatic heterocycles. The van der Waals surface area contributed by atoms with Crippen molar-refractivity contribution < 1.29 is 23.2 Å². The molecule has 0 saturated carbocycles. The topological polar surface area (TPSA) is 69.7 Å². The molecule has 5 nitrogen and oxygen atoms in total. The van der Waals surface area contributed by atoms with E-state index in [0.717, 1.165) is 0 Å².